The van der Waals surface area contributed by atoms with Crippen molar-refractivity contribution in [2.24, 2.45) is 5.92 Å². The minimum absolute atomic E-state index is 0.0635. The minimum atomic E-state index is -0.0701. The summed E-state index contributed by atoms with van der Waals surface area (Å²) in [5.41, 5.74) is 7.54. The van der Waals surface area contributed by atoms with Crippen LogP contribution in [0.3, 0.4) is 0 Å². The molecule has 0 bridgehead atoms. The molecule has 0 aliphatic heterocycles. The van der Waals surface area contributed by atoms with Gasteiger partial charge in [0.2, 0.25) is 0 Å². The van der Waals surface area contributed by atoms with E-state index in [-0.39, 0.29) is 11.9 Å². The first kappa shape index (κ1) is 10.0. The average molecular weight is 205 g/mol. The number of carbonyl (C=O) groups excluding carboxylic acids is 1. The third-order valence-electron chi connectivity index (χ3n) is 2.74. The lowest BCUT2D eigenvalue weighted by atomic mass is 10.1. The first-order chi connectivity index (χ1) is 7.22. The first-order valence-corrected chi connectivity index (χ1v) is 5.24. The molecule has 1 aliphatic carbocycles. The highest BCUT2D eigenvalue weighted by Gasteiger charge is 2.44. The Bertz CT molecular complexity index is 358. The number of benzene rings is 1. The fourth-order valence-corrected chi connectivity index (χ4v) is 1.82. The highest BCUT2D eigenvalue weighted by molar-refractivity contribution is 5.77. The van der Waals surface area contributed by atoms with Gasteiger partial charge in [0, 0.05) is 5.69 Å². The Morgan fingerprint density at radius 1 is 1.47 bits per heavy atom. The molecule has 2 atom stereocenters. The van der Waals surface area contributed by atoms with Crippen molar-refractivity contribution in [1.29, 1.82) is 0 Å². The van der Waals surface area contributed by atoms with Gasteiger partial charge in [-0.25, -0.2) is 0 Å². The van der Waals surface area contributed by atoms with E-state index in [0.29, 0.717) is 12.5 Å². The third kappa shape index (κ3) is 2.12. The second-order valence-electron chi connectivity index (χ2n) is 3.87. The number of esters is 1. The van der Waals surface area contributed by atoms with Crippen LogP contribution in [0.25, 0.3) is 0 Å². The van der Waals surface area contributed by atoms with Crippen molar-refractivity contribution >= 4 is 11.7 Å². The number of nitrogen functional groups attached to an aromatic ring is 1. The number of ether oxygens (including phenoxy) is 1. The van der Waals surface area contributed by atoms with Crippen LogP contribution in [0, 0.1) is 5.92 Å². The van der Waals surface area contributed by atoms with E-state index < -0.39 is 0 Å². The first-order valence-electron chi connectivity index (χ1n) is 5.24. The standard InChI is InChI=1S/C12H15NO2/c1-2-15-12(14)11-7-10(11)8-3-5-9(13)6-4-8/h3-6,10-11H,2,7,13H2,1H3/t10-,11+/m0/s1. The van der Waals surface area contributed by atoms with Crippen LogP contribution in [0.15, 0.2) is 24.3 Å². The number of hydrogen-bond acceptors (Lipinski definition) is 3. The van der Waals surface area contributed by atoms with E-state index >= 15 is 0 Å². The zero-order valence-electron chi connectivity index (χ0n) is 8.77. The molecule has 1 aliphatic rings. The Morgan fingerprint density at radius 2 is 2.13 bits per heavy atom. The van der Waals surface area contributed by atoms with Crippen molar-refractivity contribution in [3.05, 3.63) is 29.8 Å². The van der Waals surface area contributed by atoms with Crippen LogP contribution in [-0.2, 0) is 9.53 Å². The number of nitrogens with two attached hydrogens (primary N) is 1. The van der Waals surface area contributed by atoms with Gasteiger partial charge in [0.15, 0.2) is 0 Å². The highest BCUT2D eigenvalue weighted by atomic mass is 16.5. The molecule has 0 saturated heterocycles. The molecule has 0 radical (unpaired) electrons. The summed E-state index contributed by atoms with van der Waals surface area (Å²) >= 11 is 0. The Morgan fingerprint density at radius 3 is 2.73 bits per heavy atom. The summed E-state index contributed by atoms with van der Waals surface area (Å²) in [7, 11) is 0. The van der Waals surface area contributed by atoms with Crippen LogP contribution >= 0.6 is 0 Å². The van der Waals surface area contributed by atoms with Crippen LogP contribution in [-0.4, -0.2) is 12.6 Å². The van der Waals surface area contributed by atoms with Gasteiger partial charge in [-0.1, -0.05) is 12.1 Å². The number of rotatable bonds is 3. The van der Waals surface area contributed by atoms with Crippen LogP contribution in [0.4, 0.5) is 5.69 Å². The van der Waals surface area contributed by atoms with E-state index in [0.717, 1.165) is 12.1 Å². The van der Waals surface area contributed by atoms with Gasteiger partial charge >= 0.3 is 5.97 Å². The SMILES string of the molecule is CCOC(=O)[C@@H]1C[C@H]1c1ccc(N)cc1. The molecule has 15 heavy (non-hydrogen) atoms. The van der Waals surface area contributed by atoms with Crippen LogP contribution in [0.2, 0.25) is 0 Å². The summed E-state index contributed by atoms with van der Waals surface area (Å²) in [6.07, 6.45) is 0.906. The maximum atomic E-state index is 11.4. The molecule has 0 heterocycles. The third-order valence-corrected chi connectivity index (χ3v) is 2.74. The molecule has 3 heteroatoms. The Hall–Kier alpha value is -1.51. The molecule has 2 rings (SSSR count). The molecule has 1 aromatic carbocycles. The molecule has 80 valence electrons. The molecule has 0 unspecified atom stereocenters. The molecule has 2 N–H and O–H groups in total. The van der Waals surface area contributed by atoms with E-state index in [1.165, 1.54) is 5.56 Å². The fraction of sp³-hybridized carbons (Fsp3) is 0.417. The normalized spacial score (nSPS) is 23.5. The number of anilines is 1. The Balaban J connectivity index is 1.98. The van der Waals surface area contributed by atoms with Crippen molar-refractivity contribution in [1.82, 2.24) is 0 Å². The number of hydrogen-bond donors (Lipinski definition) is 1. The van der Waals surface area contributed by atoms with E-state index in [2.05, 4.69) is 0 Å². The average Bonchev–Trinajstić information content (AvgIpc) is 2.99. The van der Waals surface area contributed by atoms with Crippen molar-refractivity contribution in [2.45, 2.75) is 19.3 Å². The van der Waals surface area contributed by atoms with E-state index in [1.54, 1.807) is 0 Å². The Kier molecular flexibility index (Phi) is 2.62. The zero-order valence-corrected chi connectivity index (χ0v) is 8.77. The van der Waals surface area contributed by atoms with E-state index in [4.69, 9.17) is 10.5 Å². The zero-order chi connectivity index (χ0) is 10.8. The van der Waals surface area contributed by atoms with Crippen molar-refractivity contribution in [3.63, 3.8) is 0 Å². The predicted molar refractivity (Wildman–Crippen MR) is 58.3 cm³/mol. The lowest BCUT2D eigenvalue weighted by Gasteiger charge is -2.01. The number of carbonyl (C=O) groups is 1. The molecule has 0 spiro atoms. The quantitative estimate of drug-likeness (QED) is 0.606. The summed E-state index contributed by atoms with van der Waals surface area (Å²) in [6, 6.07) is 7.71. The van der Waals surface area contributed by atoms with E-state index in [1.807, 2.05) is 31.2 Å². The highest BCUT2D eigenvalue weighted by Crippen LogP contribution is 2.48. The summed E-state index contributed by atoms with van der Waals surface area (Å²) < 4.78 is 4.98. The smallest absolute Gasteiger partial charge is 0.309 e. The molecular weight excluding hydrogens is 190 g/mol. The molecule has 1 fully saturated rings. The Labute approximate surface area is 89.2 Å². The summed E-state index contributed by atoms with van der Waals surface area (Å²) in [5, 5.41) is 0. The summed E-state index contributed by atoms with van der Waals surface area (Å²) in [5.74, 6) is 0.331. The van der Waals surface area contributed by atoms with E-state index in [9.17, 15) is 4.79 Å². The second-order valence-corrected chi connectivity index (χ2v) is 3.87. The van der Waals surface area contributed by atoms with Gasteiger partial charge in [-0.05, 0) is 37.0 Å². The van der Waals surface area contributed by atoms with Crippen LogP contribution in [0.5, 0.6) is 0 Å². The molecule has 1 saturated carbocycles. The molecule has 3 nitrogen and oxygen atoms in total. The van der Waals surface area contributed by atoms with Gasteiger partial charge in [-0.2, -0.15) is 0 Å². The molecule has 1 aromatic rings. The molecular formula is C12H15NO2. The van der Waals surface area contributed by atoms with Gasteiger partial charge in [-0.15, -0.1) is 0 Å². The van der Waals surface area contributed by atoms with Crippen molar-refractivity contribution in [3.8, 4) is 0 Å². The van der Waals surface area contributed by atoms with Gasteiger partial charge in [0.1, 0.15) is 0 Å². The van der Waals surface area contributed by atoms with Gasteiger partial charge in [0.05, 0.1) is 12.5 Å². The van der Waals surface area contributed by atoms with Gasteiger partial charge in [-0.3, -0.25) is 4.79 Å². The molecule has 0 amide bonds. The summed E-state index contributed by atoms with van der Waals surface area (Å²) in [4.78, 5) is 11.4. The molecule has 0 aromatic heterocycles. The van der Waals surface area contributed by atoms with Crippen molar-refractivity contribution in [2.75, 3.05) is 12.3 Å². The largest absolute Gasteiger partial charge is 0.466 e. The topological polar surface area (TPSA) is 52.3 Å². The minimum Gasteiger partial charge on any atom is -0.466 e. The predicted octanol–water partition coefficient (Wildman–Crippen LogP) is 1.94. The lowest BCUT2D eigenvalue weighted by Crippen LogP contribution is -2.07. The van der Waals surface area contributed by atoms with Crippen LogP contribution in [0.1, 0.15) is 24.8 Å². The monoisotopic (exact) mass is 205 g/mol. The maximum absolute atomic E-state index is 11.4. The second kappa shape index (κ2) is 3.93. The maximum Gasteiger partial charge on any atom is 0.309 e. The van der Waals surface area contributed by atoms with Gasteiger partial charge < -0.3 is 10.5 Å². The van der Waals surface area contributed by atoms with Crippen molar-refractivity contribution < 1.29 is 9.53 Å². The lowest BCUT2D eigenvalue weighted by molar-refractivity contribution is -0.144. The van der Waals surface area contributed by atoms with Gasteiger partial charge in [0.25, 0.3) is 0 Å². The fourth-order valence-electron chi connectivity index (χ4n) is 1.82. The van der Waals surface area contributed by atoms with Crippen LogP contribution < -0.4 is 5.73 Å². The summed E-state index contributed by atoms with van der Waals surface area (Å²) in [6.45, 7) is 2.29.